The van der Waals surface area contributed by atoms with Crippen molar-refractivity contribution in [1.82, 2.24) is 0 Å². The van der Waals surface area contributed by atoms with Gasteiger partial charge in [-0.25, -0.2) is 8.78 Å². The summed E-state index contributed by atoms with van der Waals surface area (Å²) in [6.45, 7) is 3.85. The predicted octanol–water partition coefficient (Wildman–Crippen LogP) is 3.32. The molecule has 1 aliphatic rings. The third kappa shape index (κ3) is 2.08. The fraction of sp³-hybridized carbons (Fsp3) is 0.538. The fourth-order valence-corrected chi connectivity index (χ4v) is 3.86. The number of rotatable bonds is 1. The summed E-state index contributed by atoms with van der Waals surface area (Å²) >= 11 is 1.60. The Morgan fingerprint density at radius 2 is 2.00 bits per heavy atom. The monoisotopic (exact) mass is 258 g/mol. The first kappa shape index (κ1) is 12.8. The molecule has 0 aliphatic carbocycles. The first-order chi connectivity index (χ1) is 7.87. The van der Waals surface area contributed by atoms with Crippen LogP contribution in [-0.2, 0) is 5.60 Å². The van der Waals surface area contributed by atoms with E-state index in [1.54, 1.807) is 11.8 Å². The molecule has 1 aliphatic heterocycles. The lowest BCUT2D eigenvalue weighted by Crippen LogP contribution is -2.47. The lowest BCUT2D eigenvalue weighted by molar-refractivity contribution is -0.0604. The zero-order valence-corrected chi connectivity index (χ0v) is 10.8. The summed E-state index contributed by atoms with van der Waals surface area (Å²) in [6, 6.07) is 3.40. The van der Waals surface area contributed by atoms with Crippen LogP contribution in [0.3, 0.4) is 0 Å². The van der Waals surface area contributed by atoms with Crippen LogP contribution < -0.4 is 0 Å². The molecule has 1 aromatic carbocycles. The molecule has 1 atom stereocenters. The Labute approximate surface area is 104 Å². The first-order valence-electron chi connectivity index (χ1n) is 5.62. The Hall–Kier alpha value is -0.610. The highest BCUT2D eigenvalue weighted by Gasteiger charge is 2.48. The summed E-state index contributed by atoms with van der Waals surface area (Å²) in [7, 11) is 0. The highest BCUT2D eigenvalue weighted by Crippen LogP contribution is 2.49. The van der Waals surface area contributed by atoms with Gasteiger partial charge in [0, 0.05) is 17.4 Å². The molecule has 4 heteroatoms. The van der Waals surface area contributed by atoms with Gasteiger partial charge < -0.3 is 5.11 Å². The normalized spacial score (nSPS) is 28.1. The van der Waals surface area contributed by atoms with Crippen LogP contribution in [0.1, 0.15) is 25.8 Å². The number of thioether (sulfide) groups is 1. The summed E-state index contributed by atoms with van der Waals surface area (Å²) in [6.07, 6.45) is 0.810. The molecule has 1 fully saturated rings. The quantitative estimate of drug-likeness (QED) is 0.834. The summed E-state index contributed by atoms with van der Waals surface area (Å²) < 4.78 is 26.7. The number of benzene rings is 1. The van der Waals surface area contributed by atoms with Gasteiger partial charge in [0.05, 0.1) is 0 Å². The summed E-state index contributed by atoms with van der Waals surface area (Å²) in [4.78, 5) is 0. The lowest BCUT2D eigenvalue weighted by Gasteiger charge is -2.46. The zero-order valence-electron chi connectivity index (χ0n) is 9.96. The minimum Gasteiger partial charge on any atom is -0.384 e. The molecule has 1 nitrogen and oxygen atoms in total. The first-order valence-corrected chi connectivity index (χ1v) is 6.78. The van der Waals surface area contributed by atoms with Gasteiger partial charge in [0.1, 0.15) is 17.2 Å². The molecule has 1 heterocycles. The van der Waals surface area contributed by atoms with E-state index in [0.717, 1.165) is 18.2 Å². The number of aliphatic hydroxyl groups is 1. The minimum absolute atomic E-state index is 0.205. The molecule has 0 spiro atoms. The van der Waals surface area contributed by atoms with Crippen molar-refractivity contribution in [2.75, 3.05) is 11.5 Å². The molecule has 1 unspecified atom stereocenters. The van der Waals surface area contributed by atoms with Crippen LogP contribution in [0, 0.1) is 17.0 Å². The number of hydrogen-bond donors (Lipinski definition) is 1. The summed E-state index contributed by atoms with van der Waals surface area (Å²) in [5.74, 6) is 0.125. The Kier molecular flexibility index (Phi) is 3.21. The second kappa shape index (κ2) is 4.25. The van der Waals surface area contributed by atoms with Crippen molar-refractivity contribution < 1.29 is 13.9 Å². The second-order valence-electron chi connectivity index (χ2n) is 5.17. The van der Waals surface area contributed by atoms with Gasteiger partial charge in [-0.3, -0.25) is 0 Å². The van der Waals surface area contributed by atoms with Gasteiger partial charge in [0.15, 0.2) is 0 Å². The van der Waals surface area contributed by atoms with Crippen molar-refractivity contribution in [2.24, 2.45) is 5.41 Å². The Morgan fingerprint density at radius 1 is 1.29 bits per heavy atom. The van der Waals surface area contributed by atoms with E-state index in [9.17, 15) is 13.9 Å². The van der Waals surface area contributed by atoms with Gasteiger partial charge in [-0.1, -0.05) is 19.9 Å². The smallest absolute Gasteiger partial charge is 0.132 e. The predicted molar refractivity (Wildman–Crippen MR) is 66.0 cm³/mol. The number of hydrogen-bond acceptors (Lipinski definition) is 2. The van der Waals surface area contributed by atoms with E-state index in [0.29, 0.717) is 5.75 Å². The van der Waals surface area contributed by atoms with E-state index in [1.165, 1.54) is 12.1 Å². The molecule has 1 aromatic rings. The van der Waals surface area contributed by atoms with Gasteiger partial charge in [0.2, 0.25) is 0 Å². The third-order valence-corrected chi connectivity index (χ3v) is 4.79. The van der Waals surface area contributed by atoms with Crippen molar-refractivity contribution in [3.8, 4) is 0 Å². The van der Waals surface area contributed by atoms with Crippen LogP contribution >= 0.6 is 11.8 Å². The van der Waals surface area contributed by atoms with Crippen LogP contribution in [0.5, 0.6) is 0 Å². The standard InChI is InChI=1S/C13H16F2OS/c1-12(2)5-6-17-8-13(12,16)10-4-3-9(14)7-11(10)15/h3-4,7,16H,5-6,8H2,1-2H3. The molecule has 0 aromatic heterocycles. The summed E-state index contributed by atoms with van der Waals surface area (Å²) in [5.41, 5.74) is -1.43. The average molecular weight is 258 g/mol. The average Bonchev–Trinajstić information content (AvgIpc) is 2.22. The van der Waals surface area contributed by atoms with Crippen molar-refractivity contribution in [3.63, 3.8) is 0 Å². The molecule has 2 rings (SSSR count). The largest absolute Gasteiger partial charge is 0.384 e. The number of halogens is 2. The van der Waals surface area contributed by atoms with E-state index in [2.05, 4.69) is 0 Å². The highest BCUT2D eigenvalue weighted by atomic mass is 32.2. The maximum Gasteiger partial charge on any atom is 0.132 e. The lowest BCUT2D eigenvalue weighted by atomic mass is 9.70. The van der Waals surface area contributed by atoms with E-state index in [-0.39, 0.29) is 5.56 Å². The Bertz CT molecular complexity index is 433. The van der Waals surface area contributed by atoms with Gasteiger partial charge in [-0.05, 0) is 23.7 Å². The molecule has 0 radical (unpaired) electrons. The van der Waals surface area contributed by atoms with Crippen molar-refractivity contribution in [1.29, 1.82) is 0 Å². The fourth-order valence-electron chi connectivity index (χ4n) is 2.22. The maximum absolute atomic E-state index is 13.8. The van der Waals surface area contributed by atoms with Gasteiger partial charge >= 0.3 is 0 Å². The van der Waals surface area contributed by atoms with Crippen molar-refractivity contribution >= 4 is 11.8 Å². The van der Waals surface area contributed by atoms with E-state index in [1.807, 2.05) is 13.8 Å². The molecule has 17 heavy (non-hydrogen) atoms. The summed E-state index contributed by atoms with van der Waals surface area (Å²) in [5, 5.41) is 10.8. The van der Waals surface area contributed by atoms with Crippen LogP contribution in [0.4, 0.5) is 8.78 Å². The molecule has 1 N–H and O–H groups in total. The van der Waals surface area contributed by atoms with Gasteiger partial charge in [-0.2, -0.15) is 11.8 Å². The van der Waals surface area contributed by atoms with Crippen LogP contribution in [0.25, 0.3) is 0 Å². The van der Waals surface area contributed by atoms with Crippen molar-refractivity contribution in [2.45, 2.75) is 25.9 Å². The van der Waals surface area contributed by atoms with Gasteiger partial charge in [-0.15, -0.1) is 0 Å². The molecular weight excluding hydrogens is 242 g/mol. The molecule has 0 amide bonds. The second-order valence-corrected chi connectivity index (χ2v) is 6.28. The van der Waals surface area contributed by atoms with Crippen LogP contribution in [0.2, 0.25) is 0 Å². The zero-order chi connectivity index (χ0) is 12.7. The van der Waals surface area contributed by atoms with E-state index in [4.69, 9.17) is 0 Å². The topological polar surface area (TPSA) is 20.2 Å². The molecule has 0 bridgehead atoms. The SMILES string of the molecule is CC1(C)CCSCC1(O)c1ccc(F)cc1F. The highest BCUT2D eigenvalue weighted by molar-refractivity contribution is 7.99. The maximum atomic E-state index is 13.8. The van der Waals surface area contributed by atoms with Crippen molar-refractivity contribution in [3.05, 3.63) is 35.4 Å². The van der Waals surface area contributed by atoms with E-state index < -0.39 is 22.7 Å². The van der Waals surface area contributed by atoms with Crippen LogP contribution in [-0.4, -0.2) is 16.6 Å². The van der Waals surface area contributed by atoms with Gasteiger partial charge in [0.25, 0.3) is 0 Å². The molecular formula is C13H16F2OS. The molecule has 1 saturated heterocycles. The van der Waals surface area contributed by atoms with Crippen LogP contribution in [0.15, 0.2) is 18.2 Å². The molecule has 0 saturated carbocycles. The molecule has 94 valence electrons. The van der Waals surface area contributed by atoms with E-state index >= 15 is 0 Å². The minimum atomic E-state index is -1.23. The Balaban J connectivity index is 2.49. The third-order valence-electron chi connectivity index (χ3n) is 3.68. The Morgan fingerprint density at radius 3 is 2.59 bits per heavy atom.